The number of carbonyl (C=O) groups excluding carboxylic acids is 1. The van der Waals surface area contributed by atoms with Crippen LogP contribution in [0, 0.1) is 0 Å². The largest absolute Gasteiger partial charge is 0.497 e. The van der Waals surface area contributed by atoms with Crippen molar-refractivity contribution in [1.29, 1.82) is 0 Å². The second-order valence-corrected chi connectivity index (χ2v) is 7.84. The normalized spacial score (nSPS) is 11.6. The summed E-state index contributed by atoms with van der Waals surface area (Å²) in [5, 5.41) is 6.34. The van der Waals surface area contributed by atoms with Gasteiger partial charge in [0.15, 0.2) is 6.61 Å². The minimum absolute atomic E-state index is 0.125. The number of anilines is 1. The molecule has 0 atom stereocenters. The fourth-order valence-corrected chi connectivity index (χ4v) is 3.43. The van der Waals surface area contributed by atoms with Gasteiger partial charge in [0, 0.05) is 11.7 Å². The molecule has 0 bridgehead atoms. The molecule has 0 fully saturated rings. The Morgan fingerprint density at radius 1 is 1.11 bits per heavy atom. The first-order valence-electron chi connectivity index (χ1n) is 8.52. The zero-order chi connectivity index (χ0) is 20.6. The molecule has 9 heteroatoms. The molecule has 0 spiro atoms. The summed E-state index contributed by atoms with van der Waals surface area (Å²) >= 11 is 0. The van der Waals surface area contributed by atoms with Crippen LogP contribution in [0.25, 0.3) is 0 Å². The first-order chi connectivity index (χ1) is 13.3. The Kier molecular flexibility index (Phi) is 7.53. The maximum absolute atomic E-state index is 12.1. The highest BCUT2D eigenvalue weighted by molar-refractivity contribution is 7.89. The first kappa shape index (κ1) is 21.4. The van der Waals surface area contributed by atoms with Crippen molar-refractivity contribution in [2.75, 3.05) is 19.0 Å². The van der Waals surface area contributed by atoms with Crippen molar-refractivity contribution >= 4 is 27.8 Å². The van der Waals surface area contributed by atoms with Crippen LogP contribution < -0.4 is 14.8 Å². The van der Waals surface area contributed by atoms with Crippen LogP contribution in [0.15, 0.2) is 58.6 Å². The Balaban J connectivity index is 1.83. The van der Waals surface area contributed by atoms with Crippen molar-refractivity contribution in [3.05, 3.63) is 54.1 Å². The molecule has 0 aliphatic rings. The van der Waals surface area contributed by atoms with Crippen molar-refractivity contribution in [3.63, 3.8) is 0 Å². The van der Waals surface area contributed by atoms with Gasteiger partial charge in [0.1, 0.15) is 5.75 Å². The van der Waals surface area contributed by atoms with E-state index in [1.807, 2.05) is 0 Å². The van der Waals surface area contributed by atoms with E-state index in [4.69, 9.17) is 9.57 Å². The lowest BCUT2D eigenvalue weighted by Crippen LogP contribution is -2.30. The summed E-state index contributed by atoms with van der Waals surface area (Å²) in [7, 11) is -1.98. The Hall–Kier alpha value is -2.91. The molecular weight excluding hydrogens is 382 g/mol. The zero-order valence-electron chi connectivity index (χ0n) is 15.9. The third-order valence-electron chi connectivity index (χ3n) is 3.43. The van der Waals surface area contributed by atoms with Gasteiger partial charge in [0.2, 0.25) is 10.0 Å². The number of hydrogen-bond acceptors (Lipinski definition) is 6. The van der Waals surface area contributed by atoms with Crippen LogP contribution in [-0.2, 0) is 19.7 Å². The van der Waals surface area contributed by atoms with Gasteiger partial charge in [0.25, 0.3) is 5.91 Å². The molecule has 0 unspecified atom stereocenters. The average Bonchev–Trinajstić information content (AvgIpc) is 2.65. The zero-order valence-corrected chi connectivity index (χ0v) is 16.7. The maximum atomic E-state index is 12.1. The topological polar surface area (TPSA) is 106 Å². The Morgan fingerprint density at radius 3 is 2.32 bits per heavy atom. The van der Waals surface area contributed by atoms with Gasteiger partial charge in [-0.05, 0) is 67.9 Å². The molecule has 0 aliphatic heterocycles. The van der Waals surface area contributed by atoms with Crippen LogP contribution in [-0.4, -0.2) is 40.3 Å². The summed E-state index contributed by atoms with van der Waals surface area (Å²) in [6, 6.07) is 12.8. The van der Waals surface area contributed by atoms with E-state index in [9.17, 15) is 13.2 Å². The van der Waals surface area contributed by atoms with E-state index in [0.29, 0.717) is 5.69 Å². The monoisotopic (exact) mass is 405 g/mol. The minimum Gasteiger partial charge on any atom is -0.497 e. The van der Waals surface area contributed by atoms with Crippen LogP contribution in [0.2, 0.25) is 0 Å². The summed E-state index contributed by atoms with van der Waals surface area (Å²) in [5.74, 6) is 0.319. The summed E-state index contributed by atoms with van der Waals surface area (Å²) in [5.41, 5.74) is 1.25. The van der Waals surface area contributed by atoms with Crippen molar-refractivity contribution in [2.45, 2.75) is 24.8 Å². The van der Waals surface area contributed by atoms with Crippen LogP contribution in [0.3, 0.4) is 0 Å². The molecule has 2 N–H and O–H groups in total. The number of methoxy groups -OCH3 is 1. The van der Waals surface area contributed by atoms with Gasteiger partial charge in [0.05, 0.1) is 18.2 Å². The number of sulfonamides is 1. The van der Waals surface area contributed by atoms with Gasteiger partial charge in [-0.3, -0.25) is 4.79 Å². The summed E-state index contributed by atoms with van der Waals surface area (Å²) < 4.78 is 31.7. The third kappa shape index (κ3) is 6.67. The Bertz CT molecular complexity index is 908. The molecule has 0 radical (unpaired) electrons. The number of ether oxygens (including phenoxy) is 1. The fourth-order valence-electron chi connectivity index (χ4n) is 2.18. The third-order valence-corrected chi connectivity index (χ3v) is 5.10. The second kappa shape index (κ2) is 9.86. The van der Waals surface area contributed by atoms with Gasteiger partial charge in [-0.25, -0.2) is 13.1 Å². The smallest absolute Gasteiger partial charge is 0.265 e. The van der Waals surface area contributed by atoms with Crippen LogP contribution >= 0.6 is 0 Å². The number of nitrogens with zero attached hydrogens (tertiary/aromatic N) is 1. The molecular formula is C19H23N3O5S. The molecule has 0 heterocycles. The Labute approximate surface area is 164 Å². The molecule has 2 aromatic rings. The van der Waals surface area contributed by atoms with E-state index in [0.717, 1.165) is 11.3 Å². The van der Waals surface area contributed by atoms with Gasteiger partial charge < -0.3 is 14.9 Å². The van der Waals surface area contributed by atoms with Crippen molar-refractivity contribution in [1.82, 2.24) is 4.72 Å². The van der Waals surface area contributed by atoms with E-state index in [1.165, 1.54) is 30.5 Å². The molecule has 28 heavy (non-hydrogen) atoms. The number of carbonyl (C=O) groups is 1. The highest BCUT2D eigenvalue weighted by Crippen LogP contribution is 2.14. The van der Waals surface area contributed by atoms with Gasteiger partial charge in [-0.2, -0.15) is 0 Å². The SMILES string of the molecule is COc1ccc(/C=N\OCC(=O)Nc2ccc(S(=O)(=O)NC(C)C)cc2)cc1. The van der Waals surface area contributed by atoms with E-state index in [-0.39, 0.29) is 17.5 Å². The van der Waals surface area contributed by atoms with E-state index in [1.54, 1.807) is 45.2 Å². The van der Waals surface area contributed by atoms with E-state index in [2.05, 4.69) is 15.2 Å². The summed E-state index contributed by atoms with van der Waals surface area (Å²) in [6.07, 6.45) is 1.48. The number of benzene rings is 2. The summed E-state index contributed by atoms with van der Waals surface area (Å²) in [4.78, 5) is 17.0. The van der Waals surface area contributed by atoms with E-state index >= 15 is 0 Å². The van der Waals surface area contributed by atoms with Gasteiger partial charge in [-0.15, -0.1) is 0 Å². The van der Waals surface area contributed by atoms with Gasteiger partial charge in [-0.1, -0.05) is 5.16 Å². The number of oxime groups is 1. The Morgan fingerprint density at radius 2 is 1.75 bits per heavy atom. The predicted molar refractivity (Wildman–Crippen MR) is 107 cm³/mol. The molecule has 0 aromatic heterocycles. The fraction of sp³-hybridized carbons (Fsp3) is 0.263. The molecule has 8 nitrogen and oxygen atoms in total. The average molecular weight is 405 g/mol. The summed E-state index contributed by atoms with van der Waals surface area (Å²) in [6.45, 7) is 3.20. The number of nitrogens with one attached hydrogen (secondary N) is 2. The van der Waals surface area contributed by atoms with Crippen LogP contribution in [0.4, 0.5) is 5.69 Å². The quantitative estimate of drug-likeness (QED) is 0.492. The molecule has 1 amide bonds. The van der Waals surface area contributed by atoms with Crippen molar-refractivity contribution in [2.24, 2.45) is 5.16 Å². The number of amides is 1. The van der Waals surface area contributed by atoms with E-state index < -0.39 is 15.9 Å². The molecule has 0 saturated heterocycles. The highest BCUT2D eigenvalue weighted by Gasteiger charge is 2.15. The standard InChI is InChI=1S/C19H23N3O5S/c1-14(2)22-28(24,25)18-10-6-16(7-11-18)21-19(23)13-27-20-12-15-4-8-17(26-3)9-5-15/h4-12,14,22H,13H2,1-3H3,(H,21,23)/b20-12-. The highest BCUT2D eigenvalue weighted by atomic mass is 32.2. The minimum atomic E-state index is -3.57. The van der Waals surface area contributed by atoms with Crippen LogP contribution in [0.1, 0.15) is 19.4 Å². The molecule has 150 valence electrons. The second-order valence-electron chi connectivity index (χ2n) is 6.13. The number of hydrogen-bond donors (Lipinski definition) is 2. The lowest BCUT2D eigenvalue weighted by molar-refractivity contribution is -0.120. The lowest BCUT2D eigenvalue weighted by atomic mass is 10.2. The number of rotatable bonds is 9. The molecule has 0 aliphatic carbocycles. The predicted octanol–water partition coefficient (Wildman–Crippen LogP) is 2.37. The lowest BCUT2D eigenvalue weighted by Gasteiger charge is -2.10. The van der Waals surface area contributed by atoms with Crippen LogP contribution in [0.5, 0.6) is 5.75 Å². The molecule has 0 saturated carbocycles. The van der Waals surface area contributed by atoms with Crippen molar-refractivity contribution < 1.29 is 22.8 Å². The molecule has 2 aromatic carbocycles. The first-order valence-corrected chi connectivity index (χ1v) is 10.00. The maximum Gasteiger partial charge on any atom is 0.265 e. The van der Waals surface area contributed by atoms with Gasteiger partial charge >= 0.3 is 0 Å². The van der Waals surface area contributed by atoms with Crippen molar-refractivity contribution in [3.8, 4) is 5.75 Å². The molecule has 2 rings (SSSR count).